The van der Waals surface area contributed by atoms with Crippen LogP contribution in [0.1, 0.15) is 101 Å². The molecule has 4 heteroatoms. The molecule has 0 aliphatic carbocycles. The first-order valence-electron chi connectivity index (χ1n) is 11.6. The molecule has 0 N–H and O–H groups in total. The number of hydrogen-bond donors (Lipinski definition) is 0. The molecule has 2 aromatic carbocycles. The molecule has 31 heavy (non-hydrogen) atoms. The normalized spacial score (nSPS) is 14.8. The molecule has 0 atom stereocenters. The maximum absolute atomic E-state index is 6.79. The molecule has 0 unspecified atom stereocenters. The van der Waals surface area contributed by atoms with Gasteiger partial charge in [-0.15, -0.1) is 0 Å². The van der Waals surface area contributed by atoms with Crippen LogP contribution in [0, 0.1) is 0 Å². The molecule has 3 rings (SSSR count). The number of benzene rings is 2. The van der Waals surface area contributed by atoms with Gasteiger partial charge in [0.15, 0.2) is 0 Å². The van der Waals surface area contributed by atoms with Crippen LogP contribution in [0.3, 0.4) is 0 Å². The maximum atomic E-state index is 6.79. The van der Waals surface area contributed by atoms with Crippen LogP contribution in [0.2, 0.25) is 0 Å². The third-order valence-electron chi connectivity index (χ3n) is 6.26. The Hall–Kier alpha value is -1.18. The van der Waals surface area contributed by atoms with E-state index in [9.17, 15) is 0 Å². The molecule has 0 spiro atoms. The number of halogens is 1. The van der Waals surface area contributed by atoms with Crippen molar-refractivity contribution < 1.29 is 15.7 Å². The summed E-state index contributed by atoms with van der Waals surface area (Å²) in [6.45, 7) is 20.4. The van der Waals surface area contributed by atoms with Gasteiger partial charge in [0, 0.05) is 0 Å². The summed E-state index contributed by atoms with van der Waals surface area (Å²) < 4.78 is 1.30. The Morgan fingerprint density at radius 2 is 0.903 bits per heavy atom. The van der Waals surface area contributed by atoms with Crippen LogP contribution in [-0.2, 0) is 15.7 Å². The summed E-state index contributed by atoms with van der Waals surface area (Å²) in [5.41, 5.74) is 8.51. The summed E-state index contributed by atoms with van der Waals surface area (Å²) in [5, 5.41) is 0. The van der Waals surface area contributed by atoms with Crippen LogP contribution in [0.15, 0.2) is 36.4 Å². The van der Waals surface area contributed by atoms with Gasteiger partial charge in [-0.1, -0.05) is 0 Å². The monoisotopic (exact) mass is 527 g/mol. The zero-order valence-electron chi connectivity index (χ0n) is 20.3. The van der Waals surface area contributed by atoms with Crippen molar-refractivity contribution in [3.05, 3.63) is 58.7 Å². The Morgan fingerprint density at radius 3 is 1.13 bits per heavy atom. The van der Waals surface area contributed by atoms with Gasteiger partial charge in [-0.25, -0.2) is 0 Å². The Labute approximate surface area is 201 Å². The molecule has 0 saturated carbocycles. The molecule has 1 aliphatic rings. The molecule has 2 nitrogen and oxygen atoms in total. The predicted octanol–water partition coefficient (Wildman–Crippen LogP) is 7.83. The van der Waals surface area contributed by atoms with Crippen LogP contribution in [-0.4, -0.2) is 17.4 Å². The van der Waals surface area contributed by atoms with E-state index in [-0.39, 0.29) is 0 Å². The molecule has 1 fully saturated rings. The predicted molar refractivity (Wildman–Crippen MR) is 135 cm³/mol. The van der Waals surface area contributed by atoms with Gasteiger partial charge in [-0.3, -0.25) is 0 Å². The molecule has 1 aliphatic heterocycles. The molecule has 1 saturated heterocycles. The third-order valence-corrected chi connectivity index (χ3v) is 8.20. The fourth-order valence-electron chi connectivity index (χ4n) is 4.65. The van der Waals surface area contributed by atoms with E-state index in [1.54, 1.807) is 0 Å². The van der Waals surface area contributed by atoms with Crippen LogP contribution in [0.25, 0.3) is 0 Å². The van der Waals surface area contributed by atoms with Crippen molar-refractivity contribution in [2.45, 2.75) is 79.1 Å². The fraction of sp³-hybridized carbons (Fsp3) is 0.519. The van der Waals surface area contributed by atoms with Crippen LogP contribution in [0.5, 0.6) is 0 Å². The Balaban J connectivity index is 2.18. The van der Waals surface area contributed by atoms with Gasteiger partial charge in [-0.2, -0.15) is 0 Å². The second-order valence-corrected chi connectivity index (χ2v) is 11.7. The molecule has 2 aromatic rings. The van der Waals surface area contributed by atoms with Crippen LogP contribution in [0.4, 0.5) is 11.4 Å². The SMILES string of the molecule is CC(C)c1cccc(C(C)C)c1N1CCN(c2c(C(C)C)cccc2C(C)C)[C]1=[Ru][Cl]. The fourth-order valence-corrected chi connectivity index (χ4v) is 6.63. The Kier molecular flexibility index (Phi) is 8.03. The second kappa shape index (κ2) is 10.2. The van der Waals surface area contributed by atoms with Crippen molar-refractivity contribution in [1.82, 2.24) is 0 Å². The van der Waals surface area contributed by atoms with E-state index in [1.165, 1.54) is 38.0 Å². The zero-order valence-corrected chi connectivity index (χ0v) is 22.8. The minimum absolute atomic E-state index is 0.413. The quantitative estimate of drug-likeness (QED) is 0.354. The van der Waals surface area contributed by atoms with Crippen molar-refractivity contribution in [2.75, 3.05) is 22.9 Å². The van der Waals surface area contributed by atoms with Crippen molar-refractivity contribution in [2.24, 2.45) is 0 Å². The van der Waals surface area contributed by atoms with Crippen molar-refractivity contribution in [3.63, 3.8) is 0 Å². The van der Waals surface area contributed by atoms with Gasteiger partial charge in [0.1, 0.15) is 0 Å². The first-order valence-corrected chi connectivity index (χ1v) is 14.7. The summed E-state index contributed by atoms with van der Waals surface area (Å²) in [4.78, 5) is 5.11. The van der Waals surface area contributed by atoms with Crippen LogP contribution >= 0.6 is 9.69 Å². The van der Waals surface area contributed by atoms with Crippen molar-refractivity contribution in [3.8, 4) is 0 Å². The molecule has 0 radical (unpaired) electrons. The van der Waals surface area contributed by atoms with Gasteiger partial charge in [-0.05, 0) is 0 Å². The van der Waals surface area contributed by atoms with Crippen LogP contribution < -0.4 is 9.80 Å². The van der Waals surface area contributed by atoms with E-state index < -0.39 is 15.7 Å². The summed E-state index contributed by atoms with van der Waals surface area (Å²) in [6, 6.07) is 13.7. The standard InChI is InChI=1S/C27H38N2.ClH.Ru/c1-18(2)22-11-9-12-23(19(3)4)26(22)28-15-16-29(17-28)27-24(20(5)6)13-10-14-25(27)21(7)8;;/h9-14,18-21H,15-16H2,1-8H3;1H;/q;;+1/p-1. The minimum atomic E-state index is -0.413. The van der Waals surface area contributed by atoms with Gasteiger partial charge >= 0.3 is 202 Å². The first kappa shape index (κ1) is 24.5. The van der Waals surface area contributed by atoms with E-state index in [2.05, 4.69) is 102 Å². The second-order valence-electron chi connectivity index (χ2n) is 9.82. The van der Waals surface area contributed by atoms with Gasteiger partial charge in [0.2, 0.25) is 0 Å². The Bertz CT molecular complexity index is 820. The topological polar surface area (TPSA) is 6.48 Å². The number of para-hydroxylation sites is 2. The van der Waals surface area contributed by atoms with Gasteiger partial charge < -0.3 is 0 Å². The molecule has 1 heterocycles. The average molecular weight is 527 g/mol. The van der Waals surface area contributed by atoms with E-state index in [0.717, 1.165) is 13.1 Å². The zero-order chi connectivity index (χ0) is 22.9. The van der Waals surface area contributed by atoms with E-state index in [4.69, 9.17) is 9.69 Å². The molecule has 171 valence electrons. The van der Waals surface area contributed by atoms with E-state index in [0.29, 0.717) is 23.7 Å². The number of rotatable bonds is 6. The van der Waals surface area contributed by atoms with E-state index in [1.807, 2.05) is 0 Å². The molecular weight excluding hydrogens is 489 g/mol. The van der Waals surface area contributed by atoms with Gasteiger partial charge in [0.25, 0.3) is 0 Å². The Morgan fingerprint density at radius 1 is 0.613 bits per heavy atom. The number of nitrogens with zero attached hydrogens (tertiary/aromatic N) is 2. The molecule has 0 aromatic heterocycles. The first-order chi connectivity index (χ1) is 14.7. The van der Waals surface area contributed by atoms with Crippen molar-refractivity contribution >= 4 is 25.4 Å². The van der Waals surface area contributed by atoms with Gasteiger partial charge in [0.05, 0.1) is 0 Å². The summed E-state index contributed by atoms with van der Waals surface area (Å²) in [5.74, 6) is 1.90. The molecule has 0 bridgehead atoms. The number of hydrogen-bond acceptors (Lipinski definition) is 2. The number of anilines is 2. The van der Waals surface area contributed by atoms with E-state index >= 15 is 0 Å². The molecule has 0 amide bonds. The summed E-state index contributed by atoms with van der Waals surface area (Å²) >= 11 is -0.413. The third kappa shape index (κ3) is 4.79. The van der Waals surface area contributed by atoms with Crippen molar-refractivity contribution in [1.29, 1.82) is 0 Å². The molecular formula is C27H38ClN2Ru. The summed E-state index contributed by atoms with van der Waals surface area (Å²) in [6.07, 6.45) is 0. The average Bonchev–Trinajstić information content (AvgIpc) is 3.15. The summed E-state index contributed by atoms with van der Waals surface area (Å²) in [7, 11) is 6.79.